The Labute approximate surface area is 120 Å². The van der Waals surface area contributed by atoms with E-state index in [4.69, 9.17) is 0 Å². The summed E-state index contributed by atoms with van der Waals surface area (Å²) in [5, 5.41) is 6.93. The average Bonchev–Trinajstić information content (AvgIpc) is 2.93. The van der Waals surface area contributed by atoms with Gasteiger partial charge in [-0.1, -0.05) is 31.2 Å². The first-order chi connectivity index (χ1) is 9.99. The van der Waals surface area contributed by atoms with E-state index in [9.17, 15) is 13.2 Å². The molecule has 0 spiro atoms. The molecule has 0 radical (unpaired) electrons. The fourth-order valence-electron chi connectivity index (χ4n) is 2.71. The van der Waals surface area contributed by atoms with E-state index in [2.05, 4.69) is 10.4 Å². The molecule has 1 aliphatic rings. The molecular formula is C15H16F3N3. The number of anilines is 1. The number of aromatic nitrogens is 2. The van der Waals surface area contributed by atoms with Gasteiger partial charge >= 0.3 is 6.18 Å². The van der Waals surface area contributed by atoms with Crippen molar-refractivity contribution in [2.75, 3.05) is 5.32 Å². The zero-order valence-corrected chi connectivity index (χ0v) is 11.6. The first-order valence-electron chi connectivity index (χ1n) is 6.94. The summed E-state index contributed by atoms with van der Waals surface area (Å²) in [6.07, 6.45) is -2.05. The van der Waals surface area contributed by atoms with Gasteiger partial charge in [0.1, 0.15) is 5.82 Å². The number of alkyl halides is 3. The van der Waals surface area contributed by atoms with E-state index in [0.717, 1.165) is 16.7 Å². The van der Waals surface area contributed by atoms with Crippen molar-refractivity contribution in [3.05, 3.63) is 47.7 Å². The zero-order valence-electron chi connectivity index (χ0n) is 11.6. The fourth-order valence-corrected chi connectivity index (χ4v) is 2.71. The second kappa shape index (κ2) is 5.09. The molecule has 1 aromatic heterocycles. The van der Waals surface area contributed by atoms with Gasteiger partial charge in [0.2, 0.25) is 0 Å². The molecule has 2 atom stereocenters. The minimum absolute atomic E-state index is 0.0519. The van der Waals surface area contributed by atoms with E-state index in [1.807, 2.05) is 31.2 Å². The summed E-state index contributed by atoms with van der Waals surface area (Å²) >= 11 is 0. The second-order valence-electron chi connectivity index (χ2n) is 5.25. The summed E-state index contributed by atoms with van der Waals surface area (Å²) in [6.45, 7) is 2.05. The van der Waals surface area contributed by atoms with E-state index >= 15 is 0 Å². The van der Waals surface area contributed by atoms with Crippen LogP contribution in [0.5, 0.6) is 0 Å². The highest BCUT2D eigenvalue weighted by molar-refractivity contribution is 5.42. The van der Waals surface area contributed by atoms with Crippen LogP contribution >= 0.6 is 0 Å². The third-order valence-electron chi connectivity index (χ3n) is 3.91. The number of nitrogens with zero attached hydrogens (tertiary/aromatic N) is 2. The normalized spacial score (nSPS) is 21.7. The molecule has 0 saturated carbocycles. The van der Waals surface area contributed by atoms with Crippen molar-refractivity contribution in [2.45, 2.75) is 38.0 Å². The van der Waals surface area contributed by atoms with Crippen molar-refractivity contribution in [1.29, 1.82) is 0 Å². The highest BCUT2D eigenvalue weighted by Gasteiger charge is 2.46. The molecular weight excluding hydrogens is 279 g/mol. The number of halogens is 3. The maximum absolute atomic E-state index is 13.2. The van der Waals surface area contributed by atoms with Crippen molar-refractivity contribution < 1.29 is 13.2 Å². The second-order valence-corrected chi connectivity index (χ2v) is 5.25. The largest absolute Gasteiger partial charge is 0.410 e. The van der Waals surface area contributed by atoms with E-state index in [0.29, 0.717) is 5.82 Å². The minimum atomic E-state index is -4.30. The number of benzene rings is 1. The molecule has 112 valence electrons. The van der Waals surface area contributed by atoms with Gasteiger partial charge in [-0.3, -0.25) is 0 Å². The first-order valence-corrected chi connectivity index (χ1v) is 6.94. The Morgan fingerprint density at radius 2 is 1.95 bits per heavy atom. The average molecular weight is 295 g/mol. The lowest BCUT2D eigenvalue weighted by Crippen LogP contribution is -2.35. The lowest BCUT2D eigenvalue weighted by Gasteiger charge is -2.33. The van der Waals surface area contributed by atoms with E-state index in [1.165, 1.54) is 11.8 Å². The van der Waals surface area contributed by atoms with Crippen LogP contribution in [-0.4, -0.2) is 16.0 Å². The molecule has 21 heavy (non-hydrogen) atoms. The summed E-state index contributed by atoms with van der Waals surface area (Å²) < 4.78 is 40.7. The number of hydrogen-bond donors (Lipinski definition) is 1. The van der Waals surface area contributed by atoms with Crippen molar-refractivity contribution >= 4 is 5.82 Å². The molecule has 6 heteroatoms. The number of nitrogens with one attached hydrogen (secondary N) is 1. The molecule has 1 aliphatic heterocycles. The molecule has 0 amide bonds. The summed E-state index contributed by atoms with van der Waals surface area (Å²) in [4.78, 5) is 0. The number of aryl methyl sites for hydroxylation is 1. The van der Waals surface area contributed by atoms with Gasteiger partial charge in [0, 0.05) is 12.5 Å². The van der Waals surface area contributed by atoms with Gasteiger partial charge in [0.05, 0.1) is 12.2 Å². The molecule has 3 rings (SSSR count). The Balaban J connectivity index is 1.92. The number of hydrogen-bond acceptors (Lipinski definition) is 2. The Morgan fingerprint density at radius 3 is 2.57 bits per heavy atom. The summed E-state index contributed by atoms with van der Waals surface area (Å²) in [5.74, 6) is 0.410. The fraction of sp³-hybridized carbons (Fsp3) is 0.400. The lowest BCUT2D eigenvalue weighted by atomic mass is 9.96. The van der Waals surface area contributed by atoms with Crippen LogP contribution in [-0.2, 0) is 6.42 Å². The predicted molar refractivity (Wildman–Crippen MR) is 74.1 cm³/mol. The van der Waals surface area contributed by atoms with Crippen LogP contribution in [0.2, 0.25) is 0 Å². The van der Waals surface area contributed by atoms with Crippen LogP contribution in [0, 0.1) is 0 Å². The van der Waals surface area contributed by atoms with Crippen molar-refractivity contribution in [3.63, 3.8) is 0 Å². The molecule has 3 nitrogen and oxygen atoms in total. The van der Waals surface area contributed by atoms with E-state index in [1.54, 1.807) is 6.07 Å². The van der Waals surface area contributed by atoms with Crippen LogP contribution in [0.15, 0.2) is 36.5 Å². The van der Waals surface area contributed by atoms with Gasteiger partial charge in [-0.25, -0.2) is 4.68 Å². The Bertz CT molecular complexity index is 616. The maximum atomic E-state index is 13.2. The summed E-state index contributed by atoms with van der Waals surface area (Å²) in [7, 11) is 0. The van der Waals surface area contributed by atoms with Crippen molar-refractivity contribution in [2.24, 2.45) is 0 Å². The highest BCUT2D eigenvalue weighted by atomic mass is 19.4. The zero-order chi connectivity index (χ0) is 15.0. The van der Waals surface area contributed by atoms with Gasteiger partial charge in [-0.15, -0.1) is 0 Å². The molecule has 2 heterocycles. The number of rotatable bonds is 2. The molecule has 2 aromatic rings. The quantitative estimate of drug-likeness (QED) is 0.903. The van der Waals surface area contributed by atoms with Gasteiger partial charge in [0.15, 0.2) is 6.04 Å². The monoisotopic (exact) mass is 295 g/mol. The Morgan fingerprint density at radius 1 is 1.24 bits per heavy atom. The first kappa shape index (κ1) is 14.0. The molecule has 1 aromatic carbocycles. The van der Waals surface area contributed by atoms with Gasteiger partial charge in [-0.05, 0) is 17.5 Å². The third-order valence-corrected chi connectivity index (χ3v) is 3.91. The summed E-state index contributed by atoms with van der Waals surface area (Å²) in [5.41, 5.74) is 2.04. The van der Waals surface area contributed by atoms with E-state index < -0.39 is 12.2 Å². The molecule has 0 aliphatic carbocycles. The van der Waals surface area contributed by atoms with Crippen molar-refractivity contribution in [3.8, 4) is 0 Å². The van der Waals surface area contributed by atoms with Gasteiger partial charge in [0.25, 0.3) is 0 Å². The van der Waals surface area contributed by atoms with Gasteiger partial charge < -0.3 is 5.32 Å². The van der Waals surface area contributed by atoms with Crippen LogP contribution in [0.3, 0.4) is 0 Å². The predicted octanol–water partition coefficient (Wildman–Crippen LogP) is 4.11. The smallest absolute Gasteiger partial charge is 0.363 e. The SMILES string of the molecule is CCc1ccc([C@H]2C[C@@H](C(F)(F)F)n3nccc3N2)cc1. The molecule has 0 saturated heterocycles. The van der Waals surface area contributed by atoms with Crippen LogP contribution < -0.4 is 5.32 Å². The van der Waals surface area contributed by atoms with Crippen molar-refractivity contribution in [1.82, 2.24) is 9.78 Å². The minimum Gasteiger partial charge on any atom is -0.363 e. The van der Waals surface area contributed by atoms with Crippen LogP contribution in [0.4, 0.5) is 19.0 Å². The maximum Gasteiger partial charge on any atom is 0.410 e. The van der Waals surface area contributed by atoms with Crippen LogP contribution in [0.25, 0.3) is 0 Å². The standard InChI is InChI=1S/C15H16F3N3/c1-2-10-3-5-11(6-4-10)12-9-13(15(16,17)18)21-14(20-12)7-8-19-21/h3-8,12-13,20H,2,9H2,1H3/t12-,13+/m1/s1. The molecule has 1 N–H and O–H groups in total. The Hall–Kier alpha value is -1.98. The lowest BCUT2D eigenvalue weighted by molar-refractivity contribution is -0.173. The highest BCUT2D eigenvalue weighted by Crippen LogP contribution is 2.43. The van der Waals surface area contributed by atoms with Gasteiger partial charge in [-0.2, -0.15) is 18.3 Å². The molecule has 0 bridgehead atoms. The molecule has 0 unspecified atom stereocenters. The molecule has 0 fully saturated rings. The van der Waals surface area contributed by atoms with E-state index in [-0.39, 0.29) is 12.5 Å². The third kappa shape index (κ3) is 2.62. The number of fused-ring (bicyclic) bond motifs is 1. The van der Waals surface area contributed by atoms with Crippen LogP contribution in [0.1, 0.15) is 36.6 Å². The Kier molecular flexibility index (Phi) is 3.39. The summed E-state index contributed by atoms with van der Waals surface area (Å²) in [6, 6.07) is 7.36. The topological polar surface area (TPSA) is 29.9 Å².